The fourth-order valence-electron chi connectivity index (χ4n) is 2.81. The first-order valence-corrected chi connectivity index (χ1v) is 8.45. The second-order valence-electron chi connectivity index (χ2n) is 5.97. The predicted molar refractivity (Wildman–Crippen MR) is 92.4 cm³/mol. The molecule has 6 nitrogen and oxygen atoms in total. The normalized spacial score (nSPS) is 12.5. The van der Waals surface area contributed by atoms with Gasteiger partial charge in [0.05, 0.1) is 24.5 Å². The van der Waals surface area contributed by atoms with E-state index >= 15 is 0 Å². The van der Waals surface area contributed by atoms with Gasteiger partial charge in [-0.1, -0.05) is 0 Å². The highest BCUT2D eigenvalue weighted by Crippen LogP contribution is 2.30. The topological polar surface area (TPSA) is 68.8 Å². The van der Waals surface area contributed by atoms with Crippen LogP contribution in [0, 0.1) is 5.82 Å². The van der Waals surface area contributed by atoms with Crippen LogP contribution in [0.4, 0.5) is 4.39 Å². The number of halogens is 1. The minimum Gasteiger partial charge on any atom is -0.389 e. The number of aryl methyl sites for hydroxylation is 2. The van der Waals surface area contributed by atoms with E-state index in [2.05, 4.69) is 15.3 Å². The molecule has 0 saturated carbocycles. The van der Waals surface area contributed by atoms with Crippen LogP contribution in [-0.4, -0.2) is 29.9 Å². The average molecular weight is 343 g/mol. The fourth-order valence-corrected chi connectivity index (χ4v) is 2.81. The van der Waals surface area contributed by atoms with E-state index in [0.717, 1.165) is 17.8 Å². The van der Waals surface area contributed by atoms with Crippen molar-refractivity contribution in [2.45, 2.75) is 46.4 Å². The number of hydrogen-bond acceptors (Lipinski definition) is 4. The smallest absolute Gasteiger partial charge is 0.123 e. The van der Waals surface area contributed by atoms with E-state index in [1.807, 2.05) is 30.9 Å². The van der Waals surface area contributed by atoms with Crippen molar-refractivity contribution >= 4 is 0 Å². The third-order valence-corrected chi connectivity index (χ3v) is 4.11. The first kappa shape index (κ1) is 17.3. The van der Waals surface area contributed by atoms with Gasteiger partial charge in [-0.3, -0.25) is 4.68 Å². The van der Waals surface area contributed by atoms with Crippen LogP contribution in [0.5, 0.6) is 0 Å². The molecule has 0 amide bonds. The third kappa shape index (κ3) is 3.61. The fraction of sp³-hybridized carbons (Fsp3) is 0.389. The lowest BCUT2D eigenvalue weighted by Gasteiger charge is -2.11. The van der Waals surface area contributed by atoms with Gasteiger partial charge in [-0.25, -0.2) is 4.39 Å². The van der Waals surface area contributed by atoms with Gasteiger partial charge in [0.1, 0.15) is 11.5 Å². The van der Waals surface area contributed by atoms with Gasteiger partial charge in [-0.05, 0) is 50.1 Å². The van der Waals surface area contributed by atoms with Gasteiger partial charge in [0.25, 0.3) is 0 Å². The van der Waals surface area contributed by atoms with E-state index in [4.69, 9.17) is 0 Å². The number of nitrogens with zero attached hydrogens (tertiary/aromatic N) is 5. The Kier molecular flexibility index (Phi) is 4.94. The Morgan fingerprint density at radius 2 is 2.00 bits per heavy atom. The van der Waals surface area contributed by atoms with Crippen LogP contribution >= 0.6 is 0 Å². The highest BCUT2D eigenvalue weighted by molar-refractivity contribution is 5.66. The van der Waals surface area contributed by atoms with Crippen molar-refractivity contribution in [2.24, 2.45) is 0 Å². The van der Waals surface area contributed by atoms with E-state index in [-0.39, 0.29) is 5.82 Å². The zero-order valence-electron chi connectivity index (χ0n) is 14.6. The molecule has 25 heavy (non-hydrogen) atoms. The van der Waals surface area contributed by atoms with Crippen molar-refractivity contribution in [3.63, 3.8) is 0 Å². The van der Waals surface area contributed by atoms with Crippen LogP contribution in [0.25, 0.3) is 11.3 Å². The molecule has 0 saturated heterocycles. The van der Waals surface area contributed by atoms with Crippen LogP contribution in [0.2, 0.25) is 0 Å². The van der Waals surface area contributed by atoms with E-state index < -0.39 is 6.10 Å². The van der Waals surface area contributed by atoms with Crippen LogP contribution in [0.3, 0.4) is 0 Å². The summed E-state index contributed by atoms with van der Waals surface area (Å²) in [6, 6.07) is 4.38. The molecule has 1 aromatic carbocycles. The van der Waals surface area contributed by atoms with Crippen molar-refractivity contribution < 1.29 is 9.50 Å². The summed E-state index contributed by atoms with van der Waals surface area (Å²) in [5.74, 6) is -0.381. The zero-order chi connectivity index (χ0) is 18.0. The largest absolute Gasteiger partial charge is 0.389 e. The lowest BCUT2D eigenvalue weighted by atomic mass is 9.98. The molecular weight excluding hydrogens is 321 g/mol. The molecule has 0 bridgehead atoms. The summed E-state index contributed by atoms with van der Waals surface area (Å²) in [5.41, 5.74) is 3.70. The number of rotatable bonds is 6. The van der Waals surface area contributed by atoms with Gasteiger partial charge < -0.3 is 5.11 Å². The van der Waals surface area contributed by atoms with Crippen molar-refractivity contribution in [2.75, 3.05) is 0 Å². The number of hydrogen-bond donors (Lipinski definition) is 1. The van der Waals surface area contributed by atoms with Crippen molar-refractivity contribution in [3.8, 4) is 11.3 Å². The van der Waals surface area contributed by atoms with Gasteiger partial charge in [-0.2, -0.15) is 20.1 Å². The summed E-state index contributed by atoms with van der Waals surface area (Å²) >= 11 is 0. The number of benzene rings is 1. The molecule has 0 spiro atoms. The van der Waals surface area contributed by atoms with Crippen LogP contribution < -0.4 is 0 Å². The predicted octanol–water partition coefficient (Wildman–Crippen LogP) is 2.96. The van der Waals surface area contributed by atoms with E-state index in [0.29, 0.717) is 29.8 Å². The molecule has 0 aliphatic rings. The van der Waals surface area contributed by atoms with Gasteiger partial charge in [0.15, 0.2) is 0 Å². The minimum atomic E-state index is -0.798. The first-order valence-electron chi connectivity index (χ1n) is 8.45. The lowest BCUT2D eigenvalue weighted by molar-refractivity contribution is 0.199. The van der Waals surface area contributed by atoms with E-state index in [1.54, 1.807) is 17.8 Å². The Hall–Kier alpha value is -2.54. The SMILES string of the molecule is CCn1cc(Cc2nn(CC)nc2-c2ccc(F)cc2[C@@H](C)O)cn1. The molecule has 7 heteroatoms. The first-order chi connectivity index (χ1) is 12.0. The summed E-state index contributed by atoms with van der Waals surface area (Å²) in [6.07, 6.45) is 3.58. The maximum atomic E-state index is 13.6. The monoisotopic (exact) mass is 343 g/mol. The second-order valence-corrected chi connectivity index (χ2v) is 5.97. The van der Waals surface area contributed by atoms with Crippen LogP contribution in [0.1, 0.15) is 43.7 Å². The third-order valence-electron chi connectivity index (χ3n) is 4.11. The second kappa shape index (κ2) is 7.14. The molecule has 132 valence electrons. The molecule has 0 radical (unpaired) electrons. The highest BCUT2D eigenvalue weighted by Gasteiger charge is 2.19. The molecule has 1 N–H and O–H groups in total. The summed E-state index contributed by atoms with van der Waals surface area (Å²) in [6.45, 7) is 7.05. The summed E-state index contributed by atoms with van der Waals surface area (Å²) in [7, 11) is 0. The van der Waals surface area contributed by atoms with Gasteiger partial charge >= 0.3 is 0 Å². The van der Waals surface area contributed by atoms with Crippen molar-refractivity contribution in [1.82, 2.24) is 24.8 Å². The Morgan fingerprint density at radius 1 is 1.20 bits per heavy atom. The molecule has 0 fully saturated rings. The minimum absolute atomic E-state index is 0.381. The zero-order valence-corrected chi connectivity index (χ0v) is 14.6. The molecule has 3 aromatic rings. The Bertz CT molecular complexity index is 868. The summed E-state index contributed by atoms with van der Waals surface area (Å²) in [4.78, 5) is 1.62. The Balaban J connectivity index is 2.06. The van der Waals surface area contributed by atoms with Crippen molar-refractivity contribution in [3.05, 3.63) is 53.2 Å². The molecule has 3 rings (SSSR count). The highest BCUT2D eigenvalue weighted by atomic mass is 19.1. The maximum Gasteiger partial charge on any atom is 0.123 e. The number of aliphatic hydroxyl groups is 1. The molecule has 0 unspecified atom stereocenters. The lowest BCUT2D eigenvalue weighted by Crippen LogP contribution is -2.00. The standard InChI is InChI=1S/C18H22FN5O/c1-4-23-11-13(10-20-23)8-17-18(22-24(5-2)21-17)15-7-6-14(19)9-16(15)12(3)25/h6-7,9-12,25H,4-5,8H2,1-3H3/t12-/m1/s1. The number of aliphatic hydroxyl groups excluding tert-OH is 1. The Morgan fingerprint density at radius 3 is 2.64 bits per heavy atom. The van der Waals surface area contributed by atoms with Crippen LogP contribution in [-0.2, 0) is 19.5 Å². The van der Waals surface area contributed by atoms with Crippen LogP contribution in [0.15, 0.2) is 30.6 Å². The van der Waals surface area contributed by atoms with Gasteiger partial charge in [-0.15, -0.1) is 0 Å². The Labute approximate surface area is 145 Å². The summed E-state index contributed by atoms with van der Waals surface area (Å²) < 4.78 is 15.5. The van der Waals surface area contributed by atoms with E-state index in [1.165, 1.54) is 12.1 Å². The van der Waals surface area contributed by atoms with E-state index in [9.17, 15) is 9.50 Å². The van der Waals surface area contributed by atoms with Gasteiger partial charge in [0.2, 0.25) is 0 Å². The van der Waals surface area contributed by atoms with Crippen molar-refractivity contribution in [1.29, 1.82) is 0 Å². The van der Waals surface area contributed by atoms with Gasteiger partial charge in [0, 0.05) is 24.7 Å². The average Bonchev–Trinajstić information content (AvgIpc) is 3.21. The molecule has 0 aliphatic carbocycles. The summed E-state index contributed by atoms with van der Waals surface area (Å²) in [5, 5.41) is 23.4. The molecule has 1 atom stereocenters. The number of aromatic nitrogens is 5. The molecular formula is C18H22FN5O. The maximum absolute atomic E-state index is 13.6. The quantitative estimate of drug-likeness (QED) is 0.747. The molecule has 2 aromatic heterocycles. The molecule has 0 aliphatic heterocycles. The molecule has 2 heterocycles.